The van der Waals surface area contributed by atoms with Gasteiger partial charge in [-0.1, -0.05) is 43.3 Å². The van der Waals surface area contributed by atoms with E-state index >= 15 is 0 Å². The van der Waals surface area contributed by atoms with Crippen molar-refractivity contribution < 1.29 is 0 Å². The van der Waals surface area contributed by atoms with Crippen molar-refractivity contribution in [3.63, 3.8) is 0 Å². The van der Waals surface area contributed by atoms with Crippen LogP contribution in [-0.4, -0.2) is 29.5 Å². The highest BCUT2D eigenvalue weighted by atomic mass is 15.2. The van der Waals surface area contributed by atoms with Gasteiger partial charge in [-0.25, -0.2) is 0 Å². The predicted octanol–water partition coefficient (Wildman–Crippen LogP) is 3.03. The van der Waals surface area contributed by atoms with E-state index in [0.29, 0.717) is 0 Å². The monoisotopic (exact) mass is 283 g/mol. The third kappa shape index (κ3) is 4.38. The van der Waals surface area contributed by atoms with Crippen LogP contribution >= 0.6 is 0 Å². The van der Waals surface area contributed by atoms with Crippen molar-refractivity contribution in [2.24, 2.45) is 5.73 Å². The molecule has 2 N–H and O–H groups in total. The SMILES string of the molecule is CCC(N)C(c1ccccn1)N(C)CCc1ccccc1. The Bertz CT molecular complexity index is 513. The summed E-state index contributed by atoms with van der Waals surface area (Å²) in [6.07, 6.45) is 3.81. The molecule has 0 spiro atoms. The topological polar surface area (TPSA) is 42.1 Å². The zero-order valence-electron chi connectivity index (χ0n) is 12.9. The normalized spacial score (nSPS) is 14.1. The Morgan fingerprint density at radius 1 is 1.10 bits per heavy atom. The van der Waals surface area contributed by atoms with E-state index in [1.807, 2.05) is 18.3 Å². The summed E-state index contributed by atoms with van der Waals surface area (Å²) < 4.78 is 0. The first-order valence-electron chi connectivity index (χ1n) is 7.63. The van der Waals surface area contributed by atoms with Crippen LogP contribution in [0.2, 0.25) is 0 Å². The van der Waals surface area contributed by atoms with E-state index in [0.717, 1.165) is 25.1 Å². The van der Waals surface area contributed by atoms with E-state index in [2.05, 4.69) is 60.3 Å². The number of benzene rings is 1. The first-order valence-corrected chi connectivity index (χ1v) is 7.63. The highest BCUT2D eigenvalue weighted by Crippen LogP contribution is 2.22. The summed E-state index contributed by atoms with van der Waals surface area (Å²) in [5, 5.41) is 0. The molecule has 1 aromatic carbocycles. The van der Waals surface area contributed by atoms with Crippen LogP contribution in [0, 0.1) is 0 Å². The lowest BCUT2D eigenvalue weighted by molar-refractivity contribution is 0.207. The third-order valence-electron chi connectivity index (χ3n) is 3.94. The summed E-state index contributed by atoms with van der Waals surface area (Å²) in [6.45, 7) is 3.10. The van der Waals surface area contributed by atoms with Crippen LogP contribution in [0.25, 0.3) is 0 Å². The maximum Gasteiger partial charge on any atom is 0.0671 e. The van der Waals surface area contributed by atoms with Crippen LogP contribution in [-0.2, 0) is 6.42 Å². The molecule has 0 aliphatic rings. The van der Waals surface area contributed by atoms with Crippen molar-refractivity contribution in [3.8, 4) is 0 Å². The molecule has 2 aromatic rings. The second-order valence-corrected chi connectivity index (χ2v) is 5.49. The Labute approximate surface area is 127 Å². The summed E-state index contributed by atoms with van der Waals surface area (Å²) in [5.74, 6) is 0. The first-order chi connectivity index (χ1) is 10.2. The lowest BCUT2D eigenvalue weighted by Gasteiger charge is -2.32. The van der Waals surface area contributed by atoms with Crippen LogP contribution in [0.3, 0.4) is 0 Å². The Balaban J connectivity index is 2.06. The van der Waals surface area contributed by atoms with E-state index < -0.39 is 0 Å². The molecule has 3 heteroatoms. The van der Waals surface area contributed by atoms with Crippen molar-refractivity contribution in [1.29, 1.82) is 0 Å². The van der Waals surface area contributed by atoms with E-state index in [1.54, 1.807) is 0 Å². The van der Waals surface area contributed by atoms with Crippen molar-refractivity contribution in [2.75, 3.05) is 13.6 Å². The van der Waals surface area contributed by atoms with Crippen LogP contribution in [0.5, 0.6) is 0 Å². The average Bonchev–Trinajstić information content (AvgIpc) is 2.55. The summed E-state index contributed by atoms with van der Waals surface area (Å²) in [4.78, 5) is 6.83. The molecule has 0 radical (unpaired) electrons. The maximum absolute atomic E-state index is 6.34. The molecule has 0 bridgehead atoms. The van der Waals surface area contributed by atoms with Gasteiger partial charge in [-0.15, -0.1) is 0 Å². The highest BCUT2D eigenvalue weighted by Gasteiger charge is 2.23. The van der Waals surface area contributed by atoms with Gasteiger partial charge in [-0.05, 0) is 37.6 Å². The first kappa shape index (κ1) is 15.7. The number of rotatable bonds is 7. The fourth-order valence-corrected chi connectivity index (χ4v) is 2.64. The molecular formula is C18H25N3. The summed E-state index contributed by atoms with van der Waals surface area (Å²) in [6, 6.07) is 16.9. The molecule has 1 aromatic heterocycles. The lowest BCUT2D eigenvalue weighted by atomic mass is 10.0. The summed E-state index contributed by atoms with van der Waals surface area (Å²) in [7, 11) is 2.14. The molecule has 2 unspecified atom stereocenters. The number of nitrogens with two attached hydrogens (primary N) is 1. The zero-order chi connectivity index (χ0) is 15.1. The molecular weight excluding hydrogens is 258 g/mol. The number of hydrogen-bond donors (Lipinski definition) is 1. The minimum absolute atomic E-state index is 0.0978. The molecule has 0 fully saturated rings. The molecule has 2 atom stereocenters. The largest absolute Gasteiger partial charge is 0.326 e. The molecule has 0 aliphatic heterocycles. The summed E-state index contributed by atoms with van der Waals surface area (Å²) >= 11 is 0. The van der Waals surface area contributed by atoms with Gasteiger partial charge in [0.2, 0.25) is 0 Å². The smallest absolute Gasteiger partial charge is 0.0671 e. The Morgan fingerprint density at radius 2 is 1.81 bits per heavy atom. The average molecular weight is 283 g/mol. The number of pyridine rings is 1. The second kappa shape index (κ2) is 7.91. The maximum atomic E-state index is 6.34. The third-order valence-corrected chi connectivity index (χ3v) is 3.94. The fraction of sp³-hybridized carbons (Fsp3) is 0.389. The van der Waals surface area contributed by atoms with Gasteiger partial charge in [0.1, 0.15) is 0 Å². The second-order valence-electron chi connectivity index (χ2n) is 5.49. The van der Waals surface area contributed by atoms with E-state index in [-0.39, 0.29) is 12.1 Å². The van der Waals surface area contributed by atoms with Crippen molar-refractivity contribution in [3.05, 3.63) is 66.0 Å². The molecule has 2 rings (SSSR count). The van der Waals surface area contributed by atoms with Gasteiger partial charge < -0.3 is 5.73 Å². The molecule has 0 amide bonds. The number of likely N-dealkylation sites (N-methyl/N-ethyl adjacent to an activating group) is 1. The van der Waals surface area contributed by atoms with Crippen molar-refractivity contribution in [1.82, 2.24) is 9.88 Å². The number of nitrogens with zero attached hydrogens (tertiary/aromatic N) is 2. The van der Waals surface area contributed by atoms with E-state index in [1.165, 1.54) is 5.56 Å². The van der Waals surface area contributed by atoms with Gasteiger partial charge in [0.15, 0.2) is 0 Å². The minimum atomic E-state index is 0.0978. The van der Waals surface area contributed by atoms with Gasteiger partial charge in [0.25, 0.3) is 0 Å². The van der Waals surface area contributed by atoms with E-state index in [4.69, 9.17) is 5.73 Å². The Morgan fingerprint density at radius 3 is 2.43 bits per heavy atom. The fourth-order valence-electron chi connectivity index (χ4n) is 2.64. The van der Waals surface area contributed by atoms with Gasteiger partial charge in [-0.2, -0.15) is 0 Å². The molecule has 0 aliphatic carbocycles. The van der Waals surface area contributed by atoms with Gasteiger partial charge in [0.05, 0.1) is 11.7 Å². The van der Waals surface area contributed by atoms with Gasteiger partial charge >= 0.3 is 0 Å². The van der Waals surface area contributed by atoms with E-state index in [9.17, 15) is 0 Å². The van der Waals surface area contributed by atoms with Crippen LogP contribution in [0.15, 0.2) is 54.7 Å². The van der Waals surface area contributed by atoms with Gasteiger partial charge in [0, 0.05) is 18.8 Å². The van der Waals surface area contributed by atoms with Crippen LogP contribution < -0.4 is 5.73 Å². The van der Waals surface area contributed by atoms with Crippen LogP contribution in [0.4, 0.5) is 0 Å². The lowest BCUT2D eigenvalue weighted by Crippen LogP contribution is -2.40. The Hall–Kier alpha value is -1.71. The standard InChI is InChI=1S/C18H25N3/c1-3-16(19)18(17-11-7-8-13-20-17)21(2)14-12-15-9-5-4-6-10-15/h4-11,13,16,18H,3,12,14,19H2,1-2H3. The summed E-state index contributed by atoms with van der Waals surface area (Å²) in [5.41, 5.74) is 8.75. The number of hydrogen-bond acceptors (Lipinski definition) is 3. The highest BCUT2D eigenvalue weighted by molar-refractivity contribution is 5.16. The van der Waals surface area contributed by atoms with Crippen molar-refractivity contribution in [2.45, 2.75) is 31.8 Å². The minimum Gasteiger partial charge on any atom is -0.326 e. The molecule has 3 nitrogen and oxygen atoms in total. The van der Waals surface area contributed by atoms with Crippen molar-refractivity contribution >= 4 is 0 Å². The molecule has 0 saturated heterocycles. The molecule has 0 saturated carbocycles. The molecule has 1 heterocycles. The quantitative estimate of drug-likeness (QED) is 0.849. The van der Waals surface area contributed by atoms with Gasteiger partial charge in [-0.3, -0.25) is 9.88 Å². The predicted molar refractivity (Wildman–Crippen MR) is 88.0 cm³/mol. The Kier molecular flexibility index (Phi) is 5.90. The van der Waals surface area contributed by atoms with Crippen LogP contribution in [0.1, 0.15) is 30.6 Å². The number of aromatic nitrogens is 1. The zero-order valence-corrected chi connectivity index (χ0v) is 12.9. The molecule has 21 heavy (non-hydrogen) atoms. The molecule has 112 valence electrons.